The van der Waals surface area contributed by atoms with Crippen molar-refractivity contribution in [3.8, 4) is 5.75 Å². The maximum Gasteiger partial charge on any atom is 0.257 e. The van der Waals surface area contributed by atoms with Crippen LogP contribution in [-0.4, -0.2) is 53.5 Å². The monoisotopic (exact) mass is 305 g/mol. The molecule has 0 radical (unpaired) electrons. The van der Waals surface area contributed by atoms with Gasteiger partial charge in [0.2, 0.25) is 5.78 Å². The van der Waals surface area contributed by atoms with E-state index in [1.807, 2.05) is 6.92 Å². The molecule has 0 aliphatic heterocycles. The highest BCUT2D eigenvalue weighted by Crippen LogP contribution is 2.32. The number of phenols is 1. The number of nitrogens with one attached hydrogen (secondary N) is 2. The van der Waals surface area contributed by atoms with E-state index in [9.17, 15) is 19.8 Å². The SMILES string of the molecule is CCNC1=C(Nc2cccc(C(=O)N(C)C)c2O)C(=O)C1O. The Bertz CT molecular complexity index is 652. The molecule has 0 spiro atoms. The number of carbonyl (C=O) groups excluding carboxylic acids is 2. The van der Waals surface area contributed by atoms with Crippen molar-refractivity contribution in [2.24, 2.45) is 0 Å². The van der Waals surface area contributed by atoms with Crippen LogP contribution in [0.4, 0.5) is 5.69 Å². The summed E-state index contributed by atoms with van der Waals surface area (Å²) in [6.07, 6.45) is -1.17. The third kappa shape index (κ3) is 2.62. The summed E-state index contributed by atoms with van der Waals surface area (Å²) >= 11 is 0. The Hall–Kier alpha value is -2.54. The zero-order valence-electron chi connectivity index (χ0n) is 12.7. The molecule has 0 bridgehead atoms. The van der Waals surface area contributed by atoms with Gasteiger partial charge in [0.25, 0.3) is 5.91 Å². The van der Waals surface area contributed by atoms with E-state index in [0.29, 0.717) is 12.2 Å². The highest BCUT2D eigenvalue weighted by atomic mass is 16.3. The molecule has 0 fully saturated rings. The Kier molecular flexibility index (Phi) is 4.37. The molecule has 1 atom stereocenters. The molecule has 22 heavy (non-hydrogen) atoms. The number of aliphatic hydroxyl groups is 1. The summed E-state index contributed by atoms with van der Waals surface area (Å²) < 4.78 is 0. The number of ketones is 1. The number of anilines is 1. The van der Waals surface area contributed by atoms with E-state index in [1.54, 1.807) is 26.2 Å². The fraction of sp³-hybridized carbons (Fsp3) is 0.333. The molecule has 1 aromatic carbocycles. The van der Waals surface area contributed by atoms with Gasteiger partial charge in [0, 0.05) is 20.6 Å². The molecular weight excluding hydrogens is 286 g/mol. The van der Waals surface area contributed by atoms with Gasteiger partial charge in [0.05, 0.1) is 16.9 Å². The summed E-state index contributed by atoms with van der Waals surface area (Å²) in [7, 11) is 3.17. The maximum atomic E-state index is 12.0. The van der Waals surface area contributed by atoms with Crippen LogP contribution in [0.1, 0.15) is 17.3 Å². The number of nitrogens with zero attached hydrogens (tertiary/aromatic N) is 1. The minimum absolute atomic E-state index is 0.132. The van der Waals surface area contributed by atoms with Crippen LogP contribution in [-0.2, 0) is 4.79 Å². The van der Waals surface area contributed by atoms with Gasteiger partial charge in [-0.2, -0.15) is 0 Å². The van der Waals surface area contributed by atoms with Gasteiger partial charge in [0.1, 0.15) is 5.70 Å². The van der Waals surface area contributed by atoms with Gasteiger partial charge in [0.15, 0.2) is 11.9 Å². The van der Waals surface area contributed by atoms with Gasteiger partial charge in [-0.05, 0) is 19.1 Å². The molecule has 2 rings (SSSR count). The quantitative estimate of drug-likeness (QED) is 0.583. The Morgan fingerprint density at radius 1 is 1.36 bits per heavy atom. The van der Waals surface area contributed by atoms with Crippen molar-refractivity contribution in [3.63, 3.8) is 0 Å². The van der Waals surface area contributed by atoms with Gasteiger partial charge >= 0.3 is 0 Å². The number of para-hydroxylation sites is 1. The zero-order chi connectivity index (χ0) is 16.4. The molecule has 7 nitrogen and oxygen atoms in total. The van der Waals surface area contributed by atoms with Crippen LogP contribution in [0.2, 0.25) is 0 Å². The number of aromatic hydroxyl groups is 1. The van der Waals surface area contributed by atoms with E-state index >= 15 is 0 Å². The van der Waals surface area contributed by atoms with E-state index in [4.69, 9.17) is 0 Å². The average Bonchev–Trinajstić information content (AvgIpc) is 2.51. The topological polar surface area (TPSA) is 102 Å². The normalized spacial score (nSPS) is 17.1. The summed E-state index contributed by atoms with van der Waals surface area (Å²) in [5, 5.41) is 25.5. The number of carbonyl (C=O) groups is 2. The fourth-order valence-electron chi connectivity index (χ4n) is 2.16. The number of aliphatic hydroxyl groups excluding tert-OH is 1. The van der Waals surface area contributed by atoms with Crippen LogP contribution < -0.4 is 10.6 Å². The third-order valence-corrected chi connectivity index (χ3v) is 3.34. The predicted octanol–water partition coefficient (Wildman–Crippen LogP) is 0.271. The van der Waals surface area contributed by atoms with E-state index in [2.05, 4.69) is 10.6 Å². The zero-order valence-corrected chi connectivity index (χ0v) is 12.7. The first kappa shape index (κ1) is 15.8. The van der Waals surface area contributed by atoms with Crippen molar-refractivity contribution in [3.05, 3.63) is 35.2 Å². The largest absolute Gasteiger partial charge is 0.505 e. The Balaban J connectivity index is 2.33. The number of hydrogen-bond acceptors (Lipinski definition) is 6. The molecule has 0 aromatic heterocycles. The minimum atomic E-state index is -1.17. The number of phenolic OH excluding ortho intramolecular Hbond substituents is 1. The Morgan fingerprint density at radius 3 is 2.64 bits per heavy atom. The lowest BCUT2D eigenvalue weighted by Gasteiger charge is -2.29. The van der Waals surface area contributed by atoms with E-state index in [-0.39, 0.29) is 28.6 Å². The second-order valence-corrected chi connectivity index (χ2v) is 5.11. The summed E-state index contributed by atoms with van der Waals surface area (Å²) in [5.41, 5.74) is 0.946. The van der Waals surface area contributed by atoms with Gasteiger partial charge in [-0.15, -0.1) is 0 Å². The van der Waals surface area contributed by atoms with Crippen molar-refractivity contribution in [2.45, 2.75) is 13.0 Å². The summed E-state index contributed by atoms with van der Waals surface area (Å²) in [4.78, 5) is 25.0. The van der Waals surface area contributed by atoms with Crippen LogP contribution in [0.25, 0.3) is 0 Å². The van der Waals surface area contributed by atoms with E-state index < -0.39 is 11.9 Å². The van der Waals surface area contributed by atoms with Crippen LogP contribution in [0.5, 0.6) is 5.75 Å². The second kappa shape index (κ2) is 6.07. The maximum absolute atomic E-state index is 12.0. The van der Waals surface area contributed by atoms with E-state index in [0.717, 1.165) is 0 Å². The summed E-state index contributed by atoms with van der Waals surface area (Å²) in [6.45, 7) is 2.39. The minimum Gasteiger partial charge on any atom is -0.505 e. The molecule has 7 heteroatoms. The molecule has 0 saturated heterocycles. The fourth-order valence-corrected chi connectivity index (χ4v) is 2.16. The molecule has 0 heterocycles. The van der Waals surface area contributed by atoms with Crippen molar-refractivity contribution in [1.29, 1.82) is 0 Å². The molecule has 1 aromatic rings. The first-order valence-corrected chi connectivity index (χ1v) is 6.89. The molecule has 1 unspecified atom stereocenters. The van der Waals surface area contributed by atoms with Gasteiger partial charge in [-0.3, -0.25) is 9.59 Å². The number of rotatable bonds is 5. The smallest absolute Gasteiger partial charge is 0.257 e. The second-order valence-electron chi connectivity index (χ2n) is 5.11. The van der Waals surface area contributed by atoms with Crippen LogP contribution in [0.15, 0.2) is 29.6 Å². The van der Waals surface area contributed by atoms with Crippen molar-refractivity contribution in [2.75, 3.05) is 26.0 Å². The van der Waals surface area contributed by atoms with Gasteiger partial charge < -0.3 is 25.7 Å². The number of amides is 1. The number of benzene rings is 1. The average molecular weight is 305 g/mol. The Labute approximate surface area is 128 Å². The lowest BCUT2D eigenvalue weighted by atomic mass is 9.94. The standard InChI is InChI=1S/C15H19N3O4/c1-4-16-10-11(14(21)13(10)20)17-9-7-5-6-8(12(9)19)15(22)18(2)3/h5-7,13,16-17,19-20H,4H2,1-3H3. The number of Topliss-reactive ketones (excluding diaryl/α,β-unsaturated/α-hetero) is 1. The highest BCUT2D eigenvalue weighted by Gasteiger charge is 2.38. The number of hydrogen-bond donors (Lipinski definition) is 4. The third-order valence-electron chi connectivity index (χ3n) is 3.34. The van der Waals surface area contributed by atoms with Crippen molar-refractivity contribution >= 4 is 17.4 Å². The van der Waals surface area contributed by atoms with Crippen LogP contribution >= 0.6 is 0 Å². The van der Waals surface area contributed by atoms with Crippen LogP contribution in [0.3, 0.4) is 0 Å². The molecule has 0 saturated carbocycles. The summed E-state index contributed by atoms with van der Waals surface area (Å²) in [6, 6.07) is 4.65. The van der Waals surface area contributed by atoms with Crippen LogP contribution in [0, 0.1) is 0 Å². The van der Waals surface area contributed by atoms with Gasteiger partial charge in [-0.25, -0.2) is 0 Å². The molecule has 118 valence electrons. The molecule has 1 aliphatic rings. The Morgan fingerprint density at radius 2 is 2.05 bits per heavy atom. The lowest BCUT2D eigenvalue weighted by molar-refractivity contribution is -0.124. The van der Waals surface area contributed by atoms with Crippen molar-refractivity contribution < 1.29 is 19.8 Å². The predicted molar refractivity (Wildman–Crippen MR) is 81.5 cm³/mol. The molecule has 1 aliphatic carbocycles. The van der Waals surface area contributed by atoms with E-state index in [1.165, 1.54) is 11.0 Å². The highest BCUT2D eigenvalue weighted by molar-refractivity contribution is 6.11. The molecule has 1 amide bonds. The molecule has 4 N–H and O–H groups in total. The molecular formula is C15H19N3O4. The summed E-state index contributed by atoms with van der Waals surface area (Å²) in [5.74, 6) is -1.04. The number of likely N-dealkylation sites (N-methyl/N-ethyl adjacent to an activating group) is 1. The first-order valence-electron chi connectivity index (χ1n) is 6.89. The lowest BCUT2D eigenvalue weighted by Crippen LogP contribution is -2.45. The van der Waals surface area contributed by atoms with Gasteiger partial charge in [-0.1, -0.05) is 6.07 Å². The first-order chi connectivity index (χ1) is 10.4. The van der Waals surface area contributed by atoms with Crippen molar-refractivity contribution in [1.82, 2.24) is 10.2 Å².